The highest BCUT2D eigenvalue weighted by molar-refractivity contribution is 5.85. The van der Waals surface area contributed by atoms with Gasteiger partial charge in [0.1, 0.15) is 12.6 Å². The second-order valence-corrected chi connectivity index (χ2v) is 8.99. The number of carbonyl (C=O) groups excluding carboxylic acids is 2. The molecule has 3 atom stereocenters. The van der Waals surface area contributed by atoms with E-state index in [1.165, 1.54) is 30.0 Å². The molecule has 4 rings (SSSR count). The predicted octanol–water partition coefficient (Wildman–Crippen LogP) is 4.02. The molecular formula is C26H30N2O5. The molecule has 2 aliphatic carbocycles. The van der Waals surface area contributed by atoms with Gasteiger partial charge in [0.15, 0.2) is 0 Å². The normalized spacial score (nSPS) is 20.3. The largest absolute Gasteiger partial charge is 0.480 e. The average molecular weight is 451 g/mol. The molecule has 0 heterocycles. The van der Waals surface area contributed by atoms with Crippen molar-refractivity contribution in [1.29, 1.82) is 0 Å². The summed E-state index contributed by atoms with van der Waals surface area (Å²) in [6.07, 6.45) is 2.26. The van der Waals surface area contributed by atoms with Crippen molar-refractivity contribution in [3.8, 4) is 11.1 Å². The Hall–Kier alpha value is -3.35. The van der Waals surface area contributed by atoms with Gasteiger partial charge < -0.3 is 20.1 Å². The second-order valence-electron chi connectivity index (χ2n) is 8.99. The molecule has 7 heteroatoms. The number of hydrogen-bond donors (Lipinski definition) is 2. The molecular weight excluding hydrogens is 420 g/mol. The van der Waals surface area contributed by atoms with Crippen LogP contribution in [0.5, 0.6) is 0 Å². The number of rotatable bonds is 6. The first-order valence-corrected chi connectivity index (χ1v) is 11.5. The Morgan fingerprint density at radius 1 is 1.06 bits per heavy atom. The van der Waals surface area contributed by atoms with Gasteiger partial charge >= 0.3 is 12.1 Å². The zero-order valence-corrected chi connectivity index (χ0v) is 19.0. The van der Waals surface area contributed by atoms with Crippen molar-refractivity contribution < 1.29 is 24.2 Å². The van der Waals surface area contributed by atoms with Crippen LogP contribution in [0.25, 0.3) is 11.1 Å². The van der Waals surface area contributed by atoms with Crippen LogP contribution in [0.1, 0.15) is 49.7 Å². The lowest BCUT2D eigenvalue weighted by molar-refractivity contribution is -0.150. The molecule has 2 aromatic rings. The van der Waals surface area contributed by atoms with Gasteiger partial charge in [0.05, 0.1) is 0 Å². The van der Waals surface area contributed by atoms with Gasteiger partial charge in [0.2, 0.25) is 5.91 Å². The smallest absolute Gasteiger partial charge is 0.407 e. The van der Waals surface area contributed by atoms with Gasteiger partial charge in [-0.2, -0.15) is 0 Å². The molecule has 0 saturated heterocycles. The Bertz CT molecular complexity index is 1010. The summed E-state index contributed by atoms with van der Waals surface area (Å²) >= 11 is 0. The van der Waals surface area contributed by atoms with Crippen LogP contribution >= 0.6 is 0 Å². The van der Waals surface area contributed by atoms with Gasteiger partial charge in [-0.25, -0.2) is 9.59 Å². The molecule has 0 bridgehead atoms. The van der Waals surface area contributed by atoms with Crippen molar-refractivity contribution in [2.75, 3.05) is 13.7 Å². The molecule has 0 spiro atoms. The predicted molar refractivity (Wildman–Crippen MR) is 124 cm³/mol. The van der Waals surface area contributed by atoms with Crippen molar-refractivity contribution in [2.45, 2.75) is 50.6 Å². The topological polar surface area (TPSA) is 95.9 Å². The first kappa shape index (κ1) is 22.8. The second kappa shape index (κ2) is 9.65. The summed E-state index contributed by atoms with van der Waals surface area (Å²) in [5.41, 5.74) is 4.67. The minimum absolute atomic E-state index is 0.00464. The van der Waals surface area contributed by atoms with E-state index >= 15 is 0 Å². The van der Waals surface area contributed by atoms with E-state index in [4.69, 9.17) is 4.74 Å². The summed E-state index contributed by atoms with van der Waals surface area (Å²) in [6.45, 7) is 1.74. The van der Waals surface area contributed by atoms with Crippen LogP contribution in [0.15, 0.2) is 48.5 Å². The number of ether oxygens (including phenoxy) is 1. The monoisotopic (exact) mass is 450 g/mol. The maximum absolute atomic E-state index is 12.7. The van der Waals surface area contributed by atoms with E-state index in [9.17, 15) is 19.5 Å². The highest BCUT2D eigenvalue weighted by Gasteiger charge is 2.34. The number of carbonyl (C=O) groups is 3. The SMILES string of the molecule is C[C@@H](C(=O)O)N(C)C(=O)[C@@H]1CCC[C@H](NC(=O)OCC2c3ccccc3-c3ccccc32)C1. The number of fused-ring (bicyclic) bond motifs is 3. The molecule has 174 valence electrons. The van der Waals surface area contributed by atoms with Crippen LogP contribution < -0.4 is 5.32 Å². The fourth-order valence-corrected chi connectivity index (χ4v) is 5.00. The minimum atomic E-state index is -1.03. The van der Waals surface area contributed by atoms with Crippen LogP contribution in [0, 0.1) is 5.92 Å². The van der Waals surface area contributed by atoms with E-state index in [0.29, 0.717) is 12.8 Å². The number of carboxylic acid groups (broad SMARTS) is 1. The summed E-state index contributed by atoms with van der Waals surface area (Å²) in [5, 5.41) is 12.1. The maximum atomic E-state index is 12.7. The molecule has 2 aliphatic rings. The Balaban J connectivity index is 1.34. The highest BCUT2D eigenvalue weighted by Crippen LogP contribution is 2.44. The van der Waals surface area contributed by atoms with Crippen LogP contribution in [0.4, 0.5) is 4.79 Å². The van der Waals surface area contributed by atoms with Crippen LogP contribution in [0.3, 0.4) is 0 Å². The number of hydrogen-bond acceptors (Lipinski definition) is 4. The van der Waals surface area contributed by atoms with E-state index < -0.39 is 18.1 Å². The number of benzene rings is 2. The molecule has 0 aliphatic heterocycles. The number of amides is 2. The van der Waals surface area contributed by atoms with Crippen molar-refractivity contribution in [3.63, 3.8) is 0 Å². The van der Waals surface area contributed by atoms with Gasteiger partial charge in [-0.1, -0.05) is 55.0 Å². The molecule has 2 amide bonds. The fraction of sp³-hybridized carbons (Fsp3) is 0.423. The molecule has 2 aromatic carbocycles. The number of likely N-dealkylation sites (N-methyl/N-ethyl adjacent to an activating group) is 1. The van der Waals surface area contributed by atoms with E-state index in [-0.39, 0.29) is 30.4 Å². The lowest BCUT2D eigenvalue weighted by Crippen LogP contribution is -2.47. The first-order valence-electron chi connectivity index (χ1n) is 11.5. The third kappa shape index (κ3) is 4.72. The lowest BCUT2D eigenvalue weighted by Gasteiger charge is -2.32. The van der Waals surface area contributed by atoms with Crippen molar-refractivity contribution in [2.24, 2.45) is 5.92 Å². The van der Waals surface area contributed by atoms with Crippen molar-refractivity contribution >= 4 is 18.0 Å². The molecule has 1 fully saturated rings. The van der Waals surface area contributed by atoms with Crippen LogP contribution in [-0.4, -0.2) is 53.7 Å². The fourth-order valence-electron chi connectivity index (χ4n) is 5.00. The molecule has 33 heavy (non-hydrogen) atoms. The molecule has 0 aromatic heterocycles. The number of nitrogens with zero attached hydrogens (tertiary/aromatic N) is 1. The number of alkyl carbamates (subject to hydrolysis) is 1. The average Bonchev–Trinajstić information content (AvgIpc) is 3.15. The molecule has 2 N–H and O–H groups in total. The summed E-state index contributed by atoms with van der Waals surface area (Å²) in [5.74, 6) is -1.53. The highest BCUT2D eigenvalue weighted by atomic mass is 16.5. The lowest BCUT2D eigenvalue weighted by atomic mass is 9.84. The minimum Gasteiger partial charge on any atom is -0.480 e. The summed E-state index contributed by atoms with van der Waals surface area (Å²) in [7, 11) is 1.52. The number of nitrogens with one attached hydrogen (secondary N) is 1. The zero-order chi connectivity index (χ0) is 23.5. The Labute approximate surface area is 193 Å². The van der Waals surface area contributed by atoms with Gasteiger partial charge in [-0.3, -0.25) is 4.79 Å². The van der Waals surface area contributed by atoms with Crippen molar-refractivity contribution in [1.82, 2.24) is 10.2 Å². The third-order valence-electron chi connectivity index (χ3n) is 6.98. The number of carboxylic acids is 1. The van der Waals surface area contributed by atoms with E-state index in [2.05, 4.69) is 29.6 Å². The number of aliphatic carboxylic acids is 1. The molecule has 0 unspecified atom stereocenters. The van der Waals surface area contributed by atoms with E-state index in [0.717, 1.165) is 24.0 Å². The molecule has 0 radical (unpaired) electrons. The summed E-state index contributed by atoms with van der Waals surface area (Å²) in [4.78, 5) is 37.8. The first-order chi connectivity index (χ1) is 15.9. The summed E-state index contributed by atoms with van der Waals surface area (Å²) < 4.78 is 5.63. The van der Waals surface area contributed by atoms with Gasteiger partial charge in [-0.05, 0) is 48.4 Å². The van der Waals surface area contributed by atoms with Crippen LogP contribution in [-0.2, 0) is 14.3 Å². The Morgan fingerprint density at radius 3 is 2.27 bits per heavy atom. The van der Waals surface area contributed by atoms with E-state index in [1.54, 1.807) is 0 Å². The molecule has 7 nitrogen and oxygen atoms in total. The van der Waals surface area contributed by atoms with Crippen LogP contribution in [0.2, 0.25) is 0 Å². The zero-order valence-electron chi connectivity index (χ0n) is 19.0. The third-order valence-corrected chi connectivity index (χ3v) is 6.98. The van der Waals surface area contributed by atoms with E-state index in [1.807, 2.05) is 24.3 Å². The molecule has 1 saturated carbocycles. The Kier molecular flexibility index (Phi) is 6.67. The quantitative estimate of drug-likeness (QED) is 0.693. The summed E-state index contributed by atoms with van der Waals surface area (Å²) in [6, 6.07) is 15.3. The Morgan fingerprint density at radius 2 is 1.67 bits per heavy atom. The maximum Gasteiger partial charge on any atom is 0.407 e. The van der Waals surface area contributed by atoms with Crippen molar-refractivity contribution in [3.05, 3.63) is 59.7 Å². The van der Waals surface area contributed by atoms with Gasteiger partial charge in [0.25, 0.3) is 0 Å². The standard InChI is InChI=1S/C26H30N2O5/c1-16(25(30)31)28(2)24(29)17-8-7-9-18(14-17)27-26(32)33-15-23-21-12-5-3-10-19(21)20-11-4-6-13-22(20)23/h3-6,10-13,16-18,23H,7-9,14-15H2,1-2H3,(H,27,32)(H,30,31)/t16-,17+,18-/m0/s1. The van der Waals surface area contributed by atoms with Gasteiger partial charge in [0, 0.05) is 24.9 Å². The van der Waals surface area contributed by atoms with Gasteiger partial charge in [-0.15, -0.1) is 0 Å².